The number of rotatable bonds is 2. The minimum Gasteiger partial charge on any atom is -0.339 e. The minimum atomic E-state index is 0.170. The van der Waals surface area contributed by atoms with Gasteiger partial charge in [-0.3, -0.25) is 4.79 Å². The molecule has 1 saturated heterocycles. The van der Waals surface area contributed by atoms with Crippen molar-refractivity contribution in [3.63, 3.8) is 0 Å². The molecule has 1 amide bonds. The van der Waals surface area contributed by atoms with Crippen LogP contribution in [0.3, 0.4) is 0 Å². The molecule has 0 unspecified atom stereocenters. The van der Waals surface area contributed by atoms with E-state index in [4.69, 9.17) is 0 Å². The van der Waals surface area contributed by atoms with Gasteiger partial charge in [0.15, 0.2) is 0 Å². The molecule has 1 aromatic rings. The molecule has 0 radical (unpaired) electrons. The highest BCUT2D eigenvalue weighted by Crippen LogP contribution is 2.14. The van der Waals surface area contributed by atoms with Crippen LogP contribution < -0.4 is 5.32 Å². The molecular weight excluding hydrogens is 212 g/mol. The molecule has 0 atom stereocenters. The minimum absolute atomic E-state index is 0.170. The fraction of sp³-hybridized carbons (Fsp3) is 0.500. The Morgan fingerprint density at radius 2 is 2.06 bits per heavy atom. The quantitative estimate of drug-likeness (QED) is 0.843. The fourth-order valence-corrected chi connectivity index (χ4v) is 2.33. The summed E-state index contributed by atoms with van der Waals surface area (Å²) in [6.07, 6.45) is 2.10. The van der Waals surface area contributed by atoms with E-state index in [2.05, 4.69) is 5.32 Å². The largest absolute Gasteiger partial charge is 0.339 e. The van der Waals surface area contributed by atoms with Crippen LogP contribution in [-0.2, 0) is 0 Å². The van der Waals surface area contributed by atoms with Crippen LogP contribution in [0.25, 0.3) is 0 Å². The summed E-state index contributed by atoms with van der Waals surface area (Å²) in [6, 6.07) is 8.40. The van der Waals surface area contributed by atoms with Gasteiger partial charge in [-0.2, -0.15) is 0 Å². The van der Waals surface area contributed by atoms with E-state index in [1.165, 1.54) is 0 Å². The van der Waals surface area contributed by atoms with Crippen LogP contribution in [0.2, 0.25) is 0 Å². The first-order valence-electron chi connectivity index (χ1n) is 6.24. The maximum atomic E-state index is 12.3. The topological polar surface area (TPSA) is 32.3 Å². The van der Waals surface area contributed by atoms with Gasteiger partial charge < -0.3 is 10.2 Å². The zero-order valence-corrected chi connectivity index (χ0v) is 10.6. The first-order valence-corrected chi connectivity index (χ1v) is 6.24. The third kappa shape index (κ3) is 2.86. The zero-order chi connectivity index (χ0) is 12.3. The molecule has 0 bridgehead atoms. The zero-order valence-electron chi connectivity index (χ0n) is 10.6. The molecule has 0 aromatic heterocycles. The van der Waals surface area contributed by atoms with Crippen molar-refractivity contribution in [3.8, 4) is 0 Å². The highest BCUT2D eigenvalue weighted by Gasteiger charge is 2.22. The molecule has 1 N–H and O–H groups in total. The average Bonchev–Trinajstić information content (AvgIpc) is 2.38. The molecule has 1 heterocycles. The number of hydrogen-bond donors (Lipinski definition) is 1. The molecule has 1 aliphatic heterocycles. The fourth-order valence-electron chi connectivity index (χ4n) is 2.33. The van der Waals surface area contributed by atoms with E-state index in [0.717, 1.165) is 37.1 Å². The number of nitrogens with one attached hydrogen (secondary N) is 1. The van der Waals surface area contributed by atoms with E-state index >= 15 is 0 Å². The van der Waals surface area contributed by atoms with E-state index in [0.29, 0.717) is 6.04 Å². The van der Waals surface area contributed by atoms with Crippen LogP contribution in [0.5, 0.6) is 0 Å². The summed E-state index contributed by atoms with van der Waals surface area (Å²) in [5.41, 5.74) is 1.95. The molecule has 1 aromatic carbocycles. The van der Waals surface area contributed by atoms with Gasteiger partial charge in [0.1, 0.15) is 0 Å². The van der Waals surface area contributed by atoms with Crippen LogP contribution in [-0.4, -0.2) is 37.0 Å². The summed E-state index contributed by atoms with van der Waals surface area (Å²) < 4.78 is 0. The van der Waals surface area contributed by atoms with Crippen molar-refractivity contribution >= 4 is 5.91 Å². The second kappa shape index (κ2) is 5.32. The molecule has 0 spiro atoms. The first-order chi connectivity index (χ1) is 8.20. The lowest BCUT2D eigenvalue weighted by molar-refractivity contribution is 0.0707. The summed E-state index contributed by atoms with van der Waals surface area (Å²) in [5.74, 6) is 0.170. The smallest absolute Gasteiger partial charge is 0.253 e. The Morgan fingerprint density at radius 1 is 1.35 bits per heavy atom. The van der Waals surface area contributed by atoms with Gasteiger partial charge in [-0.25, -0.2) is 0 Å². The second-order valence-corrected chi connectivity index (χ2v) is 4.72. The van der Waals surface area contributed by atoms with Crippen LogP contribution >= 0.6 is 0 Å². The van der Waals surface area contributed by atoms with Gasteiger partial charge in [0.2, 0.25) is 0 Å². The lowest BCUT2D eigenvalue weighted by Crippen LogP contribution is -2.43. The first kappa shape index (κ1) is 12.1. The van der Waals surface area contributed by atoms with Crippen molar-refractivity contribution in [1.29, 1.82) is 0 Å². The van der Waals surface area contributed by atoms with Gasteiger partial charge in [0.05, 0.1) is 0 Å². The molecule has 92 valence electrons. The Hall–Kier alpha value is -1.35. The van der Waals surface area contributed by atoms with Gasteiger partial charge >= 0.3 is 0 Å². The summed E-state index contributed by atoms with van der Waals surface area (Å²) in [5, 5.41) is 3.27. The third-order valence-electron chi connectivity index (χ3n) is 3.46. The Morgan fingerprint density at radius 3 is 2.65 bits per heavy atom. The predicted molar refractivity (Wildman–Crippen MR) is 69.2 cm³/mol. The van der Waals surface area contributed by atoms with Crippen LogP contribution in [0.4, 0.5) is 0 Å². The van der Waals surface area contributed by atoms with Gasteiger partial charge in [-0.15, -0.1) is 0 Å². The number of carbonyl (C=O) groups is 1. The molecule has 1 fully saturated rings. The summed E-state index contributed by atoms with van der Waals surface area (Å²) in [6.45, 7) is 3.74. The number of piperidine rings is 1. The van der Waals surface area contributed by atoms with Crippen molar-refractivity contribution in [3.05, 3.63) is 35.4 Å². The number of aryl methyl sites for hydroxylation is 1. The van der Waals surface area contributed by atoms with Gasteiger partial charge in [-0.1, -0.05) is 17.7 Å². The monoisotopic (exact) mass is 232 g/mol. The second-order valence-electron chi connectivity index (χ2n) is 4.72. The van der Waals surface area contributed by atoms with Crippen LogP contribution in [0.1, 0.15) is 28.8 Å². The highest BCUT2D eigenvalue weighted by atomic mass is 16.2. The van der Waals surface area contributed by atoms with Crippen molar-refractivity contribution in [2.24, 2.45) is 0 Å². The van der Waals surface area contributed by atoms with E-state index in [1.54, 1.807) is 0 Å². The Labute approximate surface area is 103 Å². The molecule has 17 heavy (non-hydrogen) atoms. The van der Waals surface area contributed by atoms with Crippen LogP contribution in [0, 0.1) is 6.92 Å². The van der Waals surface area contributed by atoms with Crippen molar-refractivity contribution in [1.82, 2.24) is 10.2 Å². The number of carbonyl (C=O) groups excluding carboxylic acids is 1. The van der Waals surface area contributed by atoms with Crippen LogP contribution in [0.15, 0.2) is 24.3 Å². The van der Waals surface area contributed by atoms with Crippen molar-refractivity contribution in [2.75, 3.05) is 20.1 Å². The molecular formula is C14H20N2O. The van der Waals surface area contributed by atoms with Gasteiger partial charge in [-0.05, 0) is 38.9 Å². The molecule has 0 saturated carbocycles. The Balaban J connectivity index is 2.02. The Kier molecular flexibility index (Phi) is 3.79. The molecule has 3 heteroatoms. The maximum Gasteiger partial charge on any atom is 0.253 e. The number of likely N-dealkylation sites (tertiary alicyclic amines) is 1. The normalized spacial score (nSPS) is 17.2. The number of amides is 1. The van der Waals surface area contributed by atoms with Gasteiger partial charge in [0.25, 0.3) is 5.91 Å². The van der Waals surface area contributed by atoms with E-state index < -0.39 is 0 Å². The third-order valence-corrected chi connectivity index (χ3v) is 3.46. The highest BCUT2D eigenvalue weighted by molar-refractivity contribution is 5.94. The standard InChI is InChI=1S/C14H20N2O/c1-11-4-3-5-12(10-11)14(17)16-8-6-13(15-2)7-9-16/h3-5,10,13,15H,6-9H2,1-2H3. The SMILES string of the molecule is CNC1CCN(C(=O)c2cccc(C)c2)CC1. The number of hydrogen-bond acceptors (Lipinski definition) is 2. The van der Waals surface area contributed by atoms with Gasteiger partial charge in [0, 0.05) is 24.7 Å². The predicted octanol–water partition coefficient (Wildman–Crippen LogP) is 1.82. The molecule has 2 rings (SSSR count). The number of benzene rings is 1. The average molecular weight is 232 g/mol. The summed E-state index contributed by atoms with van der Waals surface area (Å²) in [7, 11) is 1.99. The maximum absolute atomic E-state index is 12.3. The van der Waals surface area contributed by atoms with E-state index in [1.807, 2.05) is 43.1 Å². The van der Waals surface area contributed by atoms with E-state index in [-0.39, 0.29) is 5.91 Å². The lowest BCUT2D eigenvalue weighted by atomic mass is 10.0. The van der Waals surface area contributed by atoms with E-state index in [9.17, 15) is 4.79 Å². The Bertz CT molecular complexity index is 395. The molecule has 1 aliphatic rings. The summed E-state index contributed by atoms with van der Waals surface area (Å²) >= 11 is 0. The molecule has 3 nitrogen and oxygen atoms in total. The van der Waals surface area contributed by atoms with Crippen molar-refractivity contribution in [2.45, 2.75) is 25.8 Å². The van der Waals surface area contributed by atoms with Crippen molar-refractivity contribution < 1.29 is 4.79 Å². The number of nitrogens with zero attached hydrogens (tertiary/aromatic N) is 1. The lowest BCUT2D eigenvalue weighted by Gasteiger charge is -2.31. The summed E-state index contributed by atoms with van der Waals surface area (Å²) in [4.78, 5) is 14.2. The molecule has 0 aliphatic carbocycles.